The number of aliphatic carboxylic acids is 1. The lowest BCUT2D eigenvalue weighted by molar-refractivity contribution is -0.139. The highest BCUT2D eigenvalue weighted by atomic mass is 32.2. The van der Waals surface area contributed by atoms with Gasteiger partial charge in [-0.3, -0.25) is 0 Å². The SMILES string of the molecule is CSCCC(C)NS(=O)(=O)c1ccc(OCC(=O)O)cc1. The lowest BCUT2D eigenvalue weighted by atomic mass is 10.3. The zero-order valence-electron chi connectivity index (χ0n) is 11.9. The second-order valence-corrected chi connectivity index (χ2v) is 7.16. The van der Waals surface area contributed by atoms with Gasteiger partial charge in [0.15, 0.2) is 6.61 Å². The maximum Gasteiger partial charge on any atom is 0.341 e. The molecule has 1 unspecified atom stereocenters. The van der Waals surface area contributed by atoms with E-state index in [1.54, 1.807) is 11.8 Å². The number of ether oxygens (including phenoxy) is 1. The van der Waals surface area contributed by atoms with Crippen LogP contribution in [0.3, 0.4) is 0 Å². The Morgan fingerprint density at radius 3 is 2.52 bits per heavy atom. The smallest absolute Gasteiger partial charge is 0.341 e. The molecule has 0 saturated carbocycles. The zero-order chi connectivity index (χ0) is 15.9. The Morgan fingerprint density at radius 2 is 2.00 bits per heavy atom. The van der Waals surface area contributed by atoms with Crippen LogP contribution in [-0.4, -0.2) is 44.2 Å². The first kappa shape index (κ1) is 17.8. The van der Waals surface area contributed by atoms with Crippen molar-refractivity contribution in [2.75, 3.05) is 18.6 Å². The number of carboxylic acids is 1. The van der Waals surface area contributed by atoms with Gasteiger partial charge >= 0.3 is 5.97 Å². The highest BCUT2D eigenvalue weighted by Crippen LogP contribution is 2.16. The molecule has 0 bridgehead atoms. The summed E-state index contributed by atoms with van der Waals surface area (Å²) in [5.41, 5.74) is 0. The number of carbonyl (C=O) groups is 1. The van der Waals surface area contributed by atoms with Crippen LogP contribution >= 0.6 is 11.8 Å². The second kappa shape index (κ2) is 8.26. The fourth-order valence-corrected chi connectivity index (χ4v) is 3.41. The van der Waals surface area contributed by atoms with Gasteiger partial charge in [0.2, 0.25) is 10.0 Å². The van der Waals surface area contributed by atoms with Crippen LogP contribution in [-0.2, 0) is 14.8 Å². The van der Waals surface area contributed by atoms with E-state index in [2.05, 4.69) is 4.72 Å². The molecule has 21 heavy (non-hydrogen) atoms. The van der Waals surface area contributed by atoms with E-state index in [0.717, 1.165) is 12.2 Å². The third-order valence-corrected chi connectivity index (χ3v) is 4.86. The predicted octanol–water partition coefficient (Wildman–Crippen LogP) is 1.57. The molecular formula is C13H19NO5S2. The standard InChI is InChI=1S/C13H19NO5S2/c1-10(7-8-20-2)14-21(17,18)12-5-3-11(4-6-12)19-9-13(15)16/h3-6,10,14H,7-9H2,1-2H3,(H,15,16). The number of nitrogens with one attached hydrogen (secondary N) is 1. The molecule has 0 aromatic heterocycles. The van der Waals surface area contributed by atoms with Gasteiger partial charge in [-0.15, -0.1) is 0 Å². The highest BCUT2D eigenvalue weighted by Gasteiger charge is 2.17. The molecule has 0 spiro atoms. The number of sulfonamides is 1. The van der Waals surface area contributed by atoms with Gasteiger partial charge in [-0.05, 0) is 49.6 Å². The van der Waals surface area contributed by atoms with Crippen LogP contribution < -0.4 is 9.46 Å². The van der Waals surface area contributed by atoms with Crippen LogP contribution in [0.2, 0.25) is 0 Å². The third kappa shape index (κ3) is 6.36. The summed E-state index contributed by atoms with van der Waals surface area (Å²) in [5, 5.41) is 8.50. The summed E-state index contributed by atoms with van der Waals surface area (Å²) >= 11 is 1.66. The Bertz CT molecular complexity index is 556. The Balaban J connectivity index is 2.68. The summed E-state index contributed by atoms with van der Waals surface area (Å²) in [5.74, 6) is 0.105. The molecule has 0 fully saturated rings. The van der Waals surface area contributed by atoms with E-state index in [9.17, 15) is 13.2 Å². The van der Waals surface area contributed by atoms with Gasteiger partial charge in [-0.1, -0.05) is 0 Å². The second-order valence-electron chi connectivity index (χ2n) is 4.46. The van der Waals surface area contributed by atoms with Crippen LogP contribution in [0.5, 0.6) is 5.75 Å². The normalized spacial score (nSPS) is 12.9. The number of carboxylic acid groups (broad SMARTS) is 1. The summed E-state index contributed by atoms with van der Waals surface area (Å²) in [4.78, 5) is 10.5. The monoisotopic (exact) mass is 333 g/mol. The average molecular weight is 333 g/mol. The molecule has 118 valence electrons. The van der Waals surface area contributed by atoms with Gasteiger partial charge in [-0.25, -0.2) is 17.9 Å². The highest BCUT2D eigenvalue weighted by molar-refractivity contribution is 7.98. The van der Waals surface area contributed by atoms with Crippen molar-refractivity contribution in [2.45, 2.75) is 24.3 Å². The fourth-order valence-electron chi connectivity index (χ4n) is 1.55. The van der Waals surface area contributed by atoms with Crippen molar-refractivity contribution in [3.63, 3.8) is 0 Å². The van der Waals surface area contributed by atoms with E-state index in [0.29, 0.717) is 5.75 Å². The molecule has 6 nitrogen and oxygen atoms in total. The number of rotatable bonds is 9. The fraction of sp³-hybridized carbons (Fsp3) is 0.462. The predicted molar refractivity (Wildman–Crippen MR) is 82.4 cm³/mol. The molecule has 0 aliphatic heterocycles. The zero-order valence-corrected chi connectivity index (χ0v) is 13.5. The molecule has 0 heterocycles. The number of thioether (sulfide) groups is 1. The molecule has 1 atom stereocenters. The molecule has 0 amide bonds. The van der Waals surface area contributed by atoms with E-state index < -0.39 is 22.6 Å². The Hall–Kier alpha value is -1.25. The van der Waals surface area contributed by atoms with Crippen molar-refractivity contribution >= 4 is 27.8 Å². The van der Waals surface area contributed by atoms with Crippen LogP contribution in [0.1, 0.15) is 13.3 Å². The summed E-state index contributed by atoms with van der Waals surface area (Å²) < 4.78 is 31.8. The maximum atomic E-state index is 12.1. The van der Waals surface area contributed by atoms with E-state index in [-0.39, 0.29) is 10.9 Å². The Kier molecular flexibility index (Phi) is 7.00. The Morgan fingerprint density at radius 1 is 1.38 bits per heavy atom. The molecule has 0 radical (unpaired) electrons. The molecule has 0 aliphatic rings. The van der Waals surface area contributed by atoms with Crippen molar-refractivity contribution in [1.82, 2.24) is 4.72 Å². The summed E-state index contributed by atoms with van der Waals surface area (Å²) in [6.45, 7) is 1.36. The summed E-state index contributed by atoms with van der Waals surface area (Å²) in [6, 6.07) is 5.50. The largest absolute Gasteiger partial charge is 0.482 e. The molecule has 2 N–H and O–H groups in total. The summed E-state index contributed by atoms with van der Waals surface area (Å²) in [7, 11) is -3.57. The van der Waals surface area contributed by atoms with Gasteiger partial charge in [-0.2, -0.15) is 11.8 Å². The van der Waals surface area contributed by atoms with Crippen LogP contribution in [0, 0.1) is 0 Å². The third-order valence-electron chi connectivity index (χ3n) is 2.61. The molecular weight excluding hydrogens is 314 g/mol. The summed E-state index contributed by atoms with van der Waals surface area (Å²) in [6.07, 6.45) is 2.72. The van der Waals surface area contributed by atoms with Crippen molar-refractivity contribution in [1.29, 1.82) is 0 Å². The van der Waals surface area contributed by atoms with E-state index in [1.807, 2.05) is 13.2 Å². The molecule has 0 aliphatic carbocycles. The van der Waals surface area contributed by atoms with Crippen molar-refractivity contribution in [3.8, 4) is 5.75 Å². The first-order valence-corrected chi connectivity index (χ1v) is 9.19. The molecule has 1 aromatic rings. The average Bonchev–Trinajstić information content (AvgIpc) is 2.43. The quantitative estimate of drug-likeness (QED) is 0.712. The number of benzene rings is 1. The lowest BCUT2D eigenvalue weighted by Crippen LogP contribution is -2.32. The van der Waals surface area contributed by atoms with Gasteiger partial charge in [0.1, 0.15) is 5.75 Å². The van der Waals surface area contributed by atoms with Gasteiger partial charge in [0.25, 0.3) is 0 Å². The Labute approximate surface area is 128 Å². The first-order valence-electron chi connectivity index (χ1n) is 6.31. The minimum Gasteiger partial charge on any atom is -0.482 e. The molecule has 1 aromatic carbocycles. The van der Waals surface area contributed by atoms with E-state index >= 15 is 0 Å². The van der Waals surface area contributed by atoms with Gasteiger partial charge in [0, 0.05) is 6.04 Å². The topological polar surface area (TPSA) is 92.7 Å². The number of hydrogen-bond acceptors (Lipinski definition) is 5. The maximum absolute atomic E-state index is 12.1. The van der Waals surface area contributed by atoms with E-state index in [1.165, 1.54) is 24.3 Å². The van der Waals surface area contributed by atoms with E-state index in [4.69, 9.17) is 9.84 Å². The molecule has 8 heteroatoms. The van der Waals surface area contributed by atoms with Crippen molar-refractivity contribution < 1.29 is 23.1 Å². The van der Waals surface area contributed by atoms with Gasteiger partial charge < -0.3 is 9.84 Å². The van der Waals surface area contributed by atoms with Crippen molar-refractivity contribution in [3.05, 3.63) is 24.3 Å². The van der Waals surface area contributed by atoms with Crippen LogP contribution in [0.4, 0.5) is 0 Å². The van der Waals surface area contributed by atoms with Crippen LogP contribution in [0.15, 0.2) is 29.2 Å². The van der Waals surface area contributed by atoms with Gasteiger partial charge in [0.05, 0.1) is 4.90 Å². The lowest BCUT2D eigenvalue weighted by Gasteiger charge is -2.14. The number of hydrogen-bond donors (Lipinski definition) is 2. The minimum absolute atomic E-state index is 0.126. The first-order chi connectivity index (χ1) is 9.85. The van der Waals surface area contributed by atoms with Crippen LogP contribution in [0.25, 0.3) is 0 Å². The molecule has 0 saturated heterocycles. The minimum atomic E-state index is -3.57. The molecule has 1 rings (SSSR count). The van der Waals surface area contributed by atoms with Crippen molar-refractivity contribution in [2.24, 2.45) is 0 Å².